The smallest absolute Gasteiger partial charge is 0.224 e. The van der Waals surface area contributed by atoms with Gasteiger partial charge in [0.25, 0.3) is 0 Å². The van der Waals surface area contributed by atoms with Crippen LogP contribution in [0, 0.1) is 6.92 Å². The summed E-state index contributed by atoms with van der Waals surface area (Å²) >= 11 is 0. The van der Waals surface area contributed by atoms with Crippen molar-refractivity contribution in [2.75, 3.05) is 17.7 Å². The Hall–Kier alpha value is -1.55. The SMILES string of the molecule is Cc1ccc(N)c(NC(=O)CCC2CCCCO2)c1. The van der Waals surface area contributed by atoms with Gasteiger partial charge in [0, 0.05) is 13.0 Å². The van der Waals surface area contributed by atoms with E-state index in [1.54, 1.807) is 0 Å². The first-order valence-electron chi connectivity index (χ1n) is 6.93. The summed E-state index contributed by atoms with van der Waals surface area (Å²) < 4.78 is 5.62. The second-order valence-electron chi connectivity index (χ2n) is 5.17. The molecule has 1 aliphatic rings. The van der Waals surface area contributed by atoms with Crippen LogP contribution in [0.2, 0.25) is 0 Å². The molecule has 4 heteroatoms. The van der Waals surface area contributed by atoms with Crippen molar-refractivity contribution in [3.63, 3.8) is 0 Å². The van der Waals surface area contributed by atoms with Crippen LogP contribution in [0.1, 0.15) is 37.7 Å². The molecule has 104 valence electrons. The van der Waals surface area contributed by atoms with Gasteiger partial charge in [-0.05, 0) is 50.3 Å². The average molecular weight is 262 g/mol. The molecule has 0 aromatic heterocycles. The Morgan fingerprint density at radius 2 is 2.32 bits per heavy atom. The third-order valence-corrected chi connectivity index (χ3v) is 3.45. The van der Waals surface area contributed by atoms with Crippen molar-refractivity contribution in [1.82, 2.24) is 0 Å². The van der Waals surface area contributed by atoms with E-state index in [2.05, 4.69) is 5.32 Å². The molecule has 19 heavy (non-hydrogen) atoms. The number of nitrogen functional groups attached to an aromatic ring is 1. The predicted octanol–water partition coefficient (Wildman–Crippen LogP) is 2.87. The van der Waals surface area contributed by atoms with Crippen LogP contribution in [0.4, 0.5) is 11.4 Å². The fourth-order valence-corrected chi connectivity index (χ4v) is 2.32. The number of anilines is 2. The maximum absolute atomic E-state index is 11.9. The van der Waals surface area contributed by atoms with Crippen LogP contribution in [0.15, 0.2) is 18.2 Å². The van der Waals surface area contributed by atoms with Crippen molar-refractivity contribution in [3.05, 3.63) is 23.8 Å². The maximum atomic E-state index is 11.9. The summed E-state index contributed by atoms with van der Waals surface area (Å²) in [5.74, 6) is 0.00599. The van der Waals surface area contributed by atoms with Crippen LogP contribution in [0.25, 0.3) is 0 Å². The molecule has 2 rings (SSSR count). The van der Waals surface area contributed by atoms with Gasteiger partial charge in [-0.1, -0.05) is 6.07 Å². The fraction of sp³-hybridized carbons (Fsp3) is 0.533. The number of ether oxygens (including phenoxy) is 1. The second kappa shape index (κ2) is 6.57. The van der Waals surface area contributed by atoms with Crippen LogP contribution < -0.4 is 11.1 Å². The van der Waals surface area contributed by atoms with Crippen molar-refractivity contribution in [2.24, 2.45) is 0 Å². The number of carbonyl (C=O) groups excluding carboxylic acids is 1. The fourth-order valence-electron chi connectivity index (χ4n) is 2.32. The van der Waals surface area contributed by atoms with E-state index in [0.29, 0.717) is 17.8 Å². The standard InChI is InChI=1S/C15H22N2O2/c1-11-5-7-13(16)14(10-11)17-15(18)8-6-12-4-2-3-9-19-12/h5,7,10,12H,2-4,6,8-9,16H2,1H3,(H,17,18). The highest BCUT2D eigenvalue weighted by Crippen LogP contribution is 2.21. The lowest BCUT2D eigenvalue weighted by atomic mass is 10.0. The Bertz CT molecular complexity index is 440. The van der Waals surface area contributed by atoms with E-state index >= 15 is 0 Å². The number of hydrogen-bond donors (Lipinski definition) is 2. The van der Waals surface area contributed by atoms with E-state index < -0.39 is 0 Å². The highest BCUT2D eigenvalue weighted by atomic mass is 16.5. The second-order valence-corrected chi connectivity index (χ2v) is 5.17. The normalized spacial score (nSPS) is 19.1. The van der Waals surface area contributed by atoms with E-state index in [-0.39, 0.29) is 12.0 Å². The average Bonchev–Trinajstić information content (AvgIpc) is 2.42. The molecule has 4 nitrogen and oxygen atoms in total. The van der Waals surface area contributed by atoms with Gasteiger partial charge in [0.2, 0.25) is 5.91 Å². The largest absolute Gasteiger partial charge is 0.397 e. The molecule has 0 bridgehead atoms. The monoisotopic (exact) mass is 262 g/mol. The molecule has 1 amide bonds. The molecule has 1 unspecified atom stereocenters. The number of amides is 1. The third kappa shape index (κ3) is 4.24. The summed E-state index contributed by atoms with van der Waals surface area (Å²) in [7, 11) is 0. The molecule has 0 saturated carbocycles. The summed E-state index contributed by atoms with van der Waals surface area (Å²) in [4.78, 5) is 11.9. The van der Waals surface area contributed by atoms with E-state index in [4.69, 9.17) is 10.5 Å². The number of nitrogens with two attached hydrogens (primary N) is 1. The highest BCUT2D eigenvalue weighted by molar-refractivity contribution is 5.93. The third-order valence-electron chi connectivity index (χ3n) is 3.45. The molecule has 1 saturated heterocycles. The molecule has 0 radical (unpaired) electrons. The van der Waals surface area contributed by atoms with Crippen molar-refractivity contribution < 1.29 is 9.53 Å². The molecular weight excluding hydrogens is 240 g/mol. The van der Waals surface area contributed by atoms with Crippen LogP contribution >= 0.6 is 0 Å². The Morgan fingerprint density at radius 3 is 3.05 bits per heavy atom. The lowest BCUT2D eigenvalue weighted by Crippen LogP contribution is -2.22. The summed E-state index contributed by atoms with van der Waals surface area (Å²) in [6.45, 7) is 2.81. The Labute approximate surface area is 114 Å². The topological polar surface area (TPSA) is 64.3 Å². The van der Waals surface area contributed by atoms with Crippen molar-refractivity contribution in [2.45, 2.75) is 45.1 Å². The van der Waals surface area contributed by atoms with E-state index in [1.807, 2.05) is 25.1 Å². The maximum Gasteiger partial charge on any atom is 0.224 e. The quantitative estimate of drug-likeness (QED) is 0.820. The van der Waals surface area contributed by atoms with Crippen LogP contribution in [-0.2, 0) is 9.53 Å². The molecule has 1 heterocycles. The first-order chi connectivity index (χ1) is 9.15. The minimum absolute atomic E-state index is 0.00599. The van der Waals surface area contributed by atoms with Gasteiger partial charge in [-0.25, -0.2) is 0 Å². The molecule has 1 fully saturated rings. The van der Waals surface area contributed by atoms with Gasteiger partial charge < -0.3 is 15.8 Å². The predicted molar refractivity (Wildman–Crippen MR) is 77.0 cm³/mol. The molecule has 1 aromatic carbocycles. The van der Waals surface area contributed by atoms with Crippen molar-refractivity contribution >= 4 is 17.3 Å². The van der Waals surface area contributed by atoms with E-state index in [1.165, 1.54) is 6.42 Å². The number of benzene rings is 1. The molecule has 0 aliphatic carbocycles. The van der Waals surface area contributed by atoms with Gasteiger partial charge in [-0.3, -0.25) is 4.79 Å². The molecule has 0 spiro atoms. The minimum atomic E-state index is 0.00599. The number of aryl methyl sites for hydroxylation is 1. The first kappa shape index (κ1) is 13.9. The lowest BCUT2D eigenvalue weighted by Gasteiger charge is -2.22. The molecule has 3 N–H and O–H groups in total. The molecular formula is C15H22N2O2. The van der Waals surface area contributed by atoms with Crippen molar-refractivity contribution in [1.29, 1.82) is 0 Å². The zero-order valence-corrected chi connectivity index (χ0v) is 11.4. The highest BCUT2D eigenvalue weighted by Gasteiger charge is 2.15. The van der Waals surface area contributed by atoms with Gasteiger partial charge in [0.05, 0.1) is 17.5 Å². The number of rotatable bonds is 4. The van der Waals surface area contributed by atoms with Gasteiger partial charge in [-0.2, -0.15) is 0 Å². The van der Waals surface area contributed by atoms with Gasteiger partial charge in [-0.15, -0.1) is 0 Å². The Morgan fingerprint density at radius 1 is 1.47 bits per heavy atom. The van der Waals surface area contributed by atoms with Gasteiger partial charge >= 0.3 is 0 Å². The number of nitrogens with one attached hydrogen (secondary N) is 1. The zero-order chi connectivity index (χ0) is 13.7. The summed E-state index contributed by atoms with van der Waals surface area (Å²) in [6, 6.07) is 5.64. The zero-order valence-electron chi connectivity index (χ0n) is 11.4. The Kier molecular flexibility index (Phi) is 4.80. The molecule has 1 atom stereocenters. The number of hydrogen-bond acceptors (Lipinski definition) is 3. The van der Waals surface area contributed by atoms with Crippen LogP contribution in [0.5, 0.6) is 0 Å². The van der Waals surface area contributed by atoms with Crippen LogP contribution in [-0.4, -0.2) is 18.6 Å². The van der Waals surface area contributed by atoms with Gasteiger partial charge in [0.1, 0.15) is 0 Å². The number of carbonyl (C=O) groups is 1. The van der Waals surface area contributed by atoms with Crippen molar-refractivity contribution in [3.8, 4) is 0 Å². The van der Waals surface area contributed by atoms with Crippen LogP contribution in [0.3, 0.4) is 0 Å². The van der Waals surface area contributed by atoms with E-state index in [0.717, 1.165) is 31.4 Å². The lowest BCUT2D eigenvalue weighted by molar-refractivity contribution is -0.117. The summed E-state index contributed by atoms with van der Waals surface area (Å²) in [6.07, 6.45) is 4.93. The molecule has 1 aromatic rings. The Balaban J connectivity index is 1.81. The minimum Gasteiger partial charge on any atom is -0.397 e. The van der Waals surface area contributed by atoms with E-state index in [9.17, 15) is 4.79 Å². The first-order valence-corrected chi connectivity index (χ1v) is 6.93. The summed E-state index contributed by atoms with van der Waals surface area (Å²) in [5, 5.41) is 2.87. The summed E-state index contributed by atoms with van der Waals surface area (Å²) in [5.41, 5.74) is 8.23. The van der Waals surface area contributed by atoms with Gasteiger partial charge in [0.15, 0.2) is 0 Å². The molecule has 1 aliphatic heterocycles.